The van der Waals surface area contributed by atoms with Gasteiger partial charge in [-0.1, -0.05) is 31.9 Å². The highest BCUT2D eigenvalue weighted by atomic mass is 32.2. The predicted molar refractivity (Wildman–Crippen MR) is 137 cm³/mol. The molecule has 1 aromatic heterocycles. The third kappa shape index (κ3) is 5.66. The molecule has 9 nitrogen and oxygen atoms in total. The van der Waals surface area contributed by atoms with E-state index in [2.05, 4.69) is 10.3 Å². The number of nitrogens with zero attached hydrogens (tertiary/aromatic N) is 3. The summed E-state index contributed by atoms with van der Waals surface area (Å²) < 4.78 is 35.0. The van der Waals surface area contributed by atoms with E-state index in [1.54, 1.807) is 49.5 Å². The van der Waals surface area contributed by atoms with Crippen molar-refractivity contribution in [3.8, 4) is 16.9 Å². The molecule has 3 atom stereocenters. The molecule has 1 aliphatic carbocycles. The fraction of sp³-hybridized carbons (Fsp3) is 0.538. The smallest absolute Gasteiger partial charge is 0.317 e. The molecule has 0 radical (unpaired) electrons. The van der Waals surface area contributed by atoms with Crippen molar-refractivity contribution < 1.29 is 23.1 Å². The van der Waals surface area contributed by atoms with Gasteiger partial charge < -0.3 is 20.1 Å². The molecule has 1 aromatic carbocycles. The number of amides is 2. The molecular weight excluding hydrogens is 480 g/mol. The summed E-state index contributed by atoms with van der Waals surface area (Å²) in [7, 11) is -2.20. The fourth-order valence-corrected chi connectivity index (χ4v) is 6.69. The van der Waals surface area contributed by atoms with E-state index in [9.17, 15) is 18.3 Å². The summed E-state index contributed by atoms with van der Waals surface area (Å²) in [4.78, 5) is 18.7. The maximum atomic E-state index is 13.6. The number of pyridine rings is 1. The Bertz CT molecular complexity index is 1150. The van der Waals surface area contributed by atoms with E-state index in [1.807, 2.05) is 19.1 Å². The molecular formula is C26H36N4O5S. The monoisotopic (exact) mass is 516 g/mol. The Hall–Kier alpha value is -2.69. The summed E-state index contributed by atoms with van der Waals surface area (Å²) in [6, 6.07) is 8.15. The maximum absolute atomic E-state index is 13.6. The number of aliphatic hydroxyl groups excluding tert-OH is 1. The van der Waals surface area contributed by atoms with Crippen LogP contribution in [0.1, 0.15) is 39.5 Å². The van der Waals surface area contributed by atoms with Crippen LogP contribution in [0.2, 0.25) is 0 Å². The van der Waals surface area contributed by atoms with Crippen molar-refractivity contribution in [2.24, 2.45) is 5.92 Å². The van der Waals surface area contributed by atoms with Gasteiger partial charge in [0.2, 0.25) is 10.0 Å². The van der Waals surface area contributed by atoms with Gasteiger partial charge in [0.25, 0.3) is 0 Å². The van der Waals surface area contributed by atoms with Gasteiger partial charge in [-0.05, 0) is 43.5 Å². The molecule has 2 heterocycles. The van der Waals surface area contributed by atoms with Gasteiger partial charge in [0.1, 0.15) is 16.7 Å². The average molecular weight is 517 g/mol. The van der Waals surface area contributed by atoms with Crippen molar-refractivity contribution in [3.05, 3.63) is 42.7 Å². The number of carbonyl (C=O) groups is 1. The Morgan fingerprint density at radius 1 is 1.28 bits per heavy atom. The molecule has 0 spiro atoms. The van der Waals surface area contributed by atoms with Crippen LogP contribution in [0.5, 0.6) is 5.75 Å². The zero-order chi connectivity index (χ0) is 25.9. The minimum absolute atomic E-state index is 0.0467. The van der Waals surface area contributed by atoms with Crippen LogP contribution >= 0.6 is 0 Å². The van der Waals surface area contributed by atoms with E-state index in [-0.39, 0.29) is 48.3 Å². The van der Waals surface area contributed by atoms with Crippen molar-refractivity contribution in [2.45, 2.75) is 62.6 Å². The summed E-state index contributed by atoms with van der Waals surface area (Å²) in [5.41, 5.74) is 1.61. The van der Waals surface area contributed by atoms with Gasteiger partial charge in [-0.3, -0.25) is 4.98 Å². The lowest BCUT2D eigenvalue weighted by Crippen LogP contribution is -2.51. The normalized spacial score (nSPS) is 23.1. The molecule has 2 aromatic rings. The minimum atomic E-state index is -3.93. The van der Waals surface area contributed by atoms with Gasteiger partial charge in [0, 0.05) is 49.6 Å². The van der Waals surface area contributed by atoms with Crippen LogP contribution in [0.4, 0.5) is 4.79 Å². The number of rotatable bonds is 6. The number of aliphatic hydroxyl groups is 1. The molecule has 2 N–H and O–H groups in total. The topological polar surface area (TPSA) is 112 Å². The van der Waals surface area contributed by atoms with Crippen LogP contribution in [-0.2, 0) is 10.0 Å². The number of hydrogen-bond donors (Lipinski definition) is 2. The van der Waals surface area contributed by atoms with Gasteiger partial charge in [0.05, 0.1) is 13.2 Å². The summed E-state index contributed by atoms with van der Waals surface area (Å²) in [6.45, 7) is 3.75. The summed E-state index contributed by atoms with van der Waals surface area (Å²) in [5.74, 6) is -0.0154. The minimum Gasteiger partial charge on any atom is -0.487 e. The number of aromatic nitrogens is 1. The second-order valence-electron chi connectivity index (χ2n) is 9.95. The van der Waals surface area contributed by atoms with E-state index < -0.39 is 22.2 Å². The number of ether oxygens (including phenoxy) is 1. The van der Waals surface area contributed by atoms with Crippen molar-refractivity contribution in [3.63, 3.8) is 0 Å². The third-order valence-electron chi connectivity index (χ3n) is 7.15. The summed E-state index contributed by atoms with van der Waals surface area (Å²) in [6.07, 6.45) is 7.16. The SMILES string of the molecule is C[C@H]1CN([C@@H](C)CO)S(=O)(=O)c2ccc(-c3cccnc3)cc2O[C@@H]1CN(C)C(=O)NC1CCCC1. The number of carbonyl (C=O) groups excluding carboxylic acids is 1. The van der Waals surface area contributed by atoms with E-state index in [0.717, 1.165) is 36.8 Å². The van der Waals surface area contributed by atoms with Gasteiger partial charge in [-0.25, -0.2) is 13.2 Å². The molecule has 4 rings (SSSR count). The van der Waals surface area contributed by atoms with Crippen molar-refractivity contribution >= 4 is 16.1 Å². The summed E-state index contributed by atoms with van der Waals surface area (Å²) in [5, 5.41) is 12.9. The number of urea groups is 1. The molecule has 2 aliphatic rings. The fourth-order valence-electron chi connectivity index (χ4n) is 4.86. The number of benzene rings is 1. The standard InChI is InChI=1S/C26H36N4O5S/c1-18-15-30(19(2)17-31)36(33,34)25-11-10-20(21-7-6-12-27-14-21)13-23(25)35-24(18)16-29(3)26(32)28-22-8-4-5-9-22/h6-7,10-14,18-19,22,24,31H,4-5,8-9,15-17H2,1-3H3,(H,28,32)/t18-,19-,24+/m0/s1. The Balaban J connectivity index is 1.68. The number of hydrogen-bond acceptors (Lipinski definition) is 6. The first-order valence-corrected chi connectivity index (χ1v) is 14.0. The lowest BCUT2D eigenvalue weighted by Gasteiger charge is -2.37. The maximum Gasteiger partial charge on any atom is 0.317 e. The second-order valence-corrected chi connectivity index (χ2v) is 11.8. The lowest BCUT2D eigenvalue weighted by molar-refractivity contribution is 0.0809. The molecule has 0 saturated heterocycles. The van der Waals surface area contributed by atoms with E-state index in [0.29, 0.717) is 0 Å². The largest absolute Gasteiger partial charge is 0.487 e. The molecule has 196 valence electrons. The van der Waals surface area contributed by atoms with Gasteiger partial charge in [-0.15, -0.1) is 0 Å². The van der Waals surface area contributed by atoms with Gasteiger partial charge in [-0.2, -0.15) is 4.31 Å². The van der Waals surface area contributed by atoms with Crippen molar-refractivity contribution in [1.82, 2.24) is 19.5 Å². The average Bonchev–Trinajstić information content (AvgIpc) is 3.39. The number of nitrogens with one attached hydrogen (secondary N) is 1. The Morgan fingerprint density at radius 2 is 2.03 bits per heavy atom. The highest BCUT2D eigenvalue weighted by Crippen LogP contribution is 2.36. The molecule has 0 unspecified atom stereocenters. The summed E-state index contributed by atoms with van der Waals surface area (Å²) >= 11 is 0. The van der Waals surface area contributed by atoms with Crippen LogP contribution in [0.25, 0.3) is 11.1 Å². The van der Waals surface area contributed by atoms with Crippen LogP contribution in [-0.4, -0.2) is 78.7 Å². The second kappa shape index (κ2) is 11.1. The van der Waals surface area contributed by atoms with Gasteiger partial charge in [0.15, 0.2) is 0 Å². The van der Waals surface area contributed by atoms with E-state index in [4.69, 9.17) is 4.74 Å². The Kier molecular flexibility index (Phi) is 8.17. The third-order valence-corrected chi connectivity index (χ3v) is 9.16. The number of sulfonamides is 1. The molecule has 36 heavy (non-hydrogen) atoms. The van der Waals surface area contributed by atoms with Crippen molar-refractivity contribution in [2.75, 3.05) is 26.7 Å². The first-order chi connectivity index (χ1) is 17.2. The predicted octanol–water partition coefficient (Wildman–Crippen LogP) is 3.10. The zero-order valence-corrected chi connectivity index (χ0v) is 21.9. The first kappa shape index (κ1) is 26.4. The number of likely N-dealkylation sites (N-methyl/N-ethyl adjacent to an activating group) is 1. The Morgan fingerprint density at radius 3 is 2.69 bits per heavy atom. The molecule has 1 aliphatic heterocycles. The first-order valence-electron chi connectivity index (χ1n) is 12.6. The van der Waals surface area contributed by atoms with Crippen LogP contribution < -0.4 is 10.1 Å². The molecule has 1 saturated carbocycles. The van der Waals surface area contributed by atoms with Gasteiger partial charge >= 0.3 is 6.03 Å². The van der Waals surface area contributed by atoms with Crippen LogP contribution in [0, 0.1) is 5.92 Å². The molecule has 1 fully saturated rings. The highest BCUT2D eigenvalue weighted by molar-refractivity contribution is 7.89. The molecule has 2 amide bonds. The molecule has 0 bridgehead atoms. The molecule has 10 heteroatoms. The highest BCUT2D eigenvalue weighted by Gasteiger charge is 2.38. The van der Waals surface area contributed by atoms with E-state index >= 15 is 0 Å². The lowest BCUT2D eigenvalue weighted by atomic mass is 10.0. The quantitative estimate of drug-likeness (QED) is 0.610. The Labute approximate surface area is 213 Å². The van der Waals surface area contributed by atoms with Crippen molar-refractivity contribution in [1.29, 1.82) is 0 Å². The number of fused-ring (bicyclic) bond motifs is 1. The zero-order valence-electron chi connectivity index (χ0n) is 21.1. The van der Waals surface area contributed by atoms with E-state index in [1.165, 1.54) is 4.31 Å². The van der Waals surface area contributed by atoms with Crippen LogP contribution in [0.3, 0.4) is 0 Å². The van der Waals surface area contributed by atoms with Crippen LogP contribution in [0.15, 0.2) is 47.6 Å².